The highest BCUT2D eigenvalue weighted by Crippen LogP contribution is 2.26. The number of aliphatic hydroxyl groups is 1. The van der Waals surface area contributed by atoms with Gasteiger partial charge in [-0.3, -0.25) is 0 Å². The Morgan fingerprint density at radius 1 is 1.39 bits per heavy atom. The number of hydrogen-bond donors (Lipinski definition) is 2. The van der Waals surface area contributed by atoms with Gasteiger partial charge in [0, 0.05) is 18.8 Å². The molecule has 18 heavy (non-hydrogen) atoms. The Morgan fingerprint density at radius 2 is 2.06 bits per heavy atom. The van der Waals surface area contributed by atoms with Crippen LogP contribution in [0.25, 0.3) is 0 Å². The predicted octanol–water partition coefficient (Wildman–Crippen LogP) is 1.91. The van der Waals surface area contributed by atoms with Gasteiger partial charge in [0.2, 0.25) is 0 Å². The second-order valence-electron chi connectivity index (χ2n) is 4.72. The topological polar surface area (TPSA) is 60.8 Å². The Hall–Kier alpha value is -1.55. The van der Waals surface area contributed by atoms with Crippen molar-refractivity contribution in [2.45, 2.75) is 32.3 Å². The number of aromatic carboxylic acids is 1. The maximum absolute atomic E-state index is 11.0. The highest BCUT2D eigenvalue weighted by molar-refractivity contribution is 5.88. The Kier molecular flexibility index (Phi) is 3.87. The maximum atomic E-state index is 11.0. The van der Waals surface area contributed by atoms with Crippen molar-refractivity contribution >= 4 is 11.7 Å². The molecule has 1 fully saturated rings. The van der Waals surface area contributed by atoms with Crippen LogP contribution >= 0.6 is 0 Å². The highest BCUT2D eigenvalue weighted by Gasteiger charge is 2.19. The minimum Gasteiger partial charge on any atom is -0.478 e. The number of carboxylic acids is 1. The van der Waals surface area contributed by atoms with Gasteiger partial charge in [-0.2, -0.15) is 0 Å². The van der Waals surface area contributed by atoms with E-state index in [9.17, 15) is 9.90 Å². The van der Waals surface area contributed by atoms with Crippen LogP contribution in [0.15, 0.2) is 18.2 Å². The zero-order valence-corrected chi connectivity index (χ0v) is 10.6. The van der Waals surface area contributed by atoms with Crippen molar-refractivity contribution in [3.05, 3.63) is 29.3 Å². The Labute approximate surface area is 107 Å². The van der Waals surface area contributed by atoms with E-state index in [0.29, 0.717) is 5.56 Å². The van der Waals surface area contributed by atoms with Gasteiger partial charge < -0.3 is 15.1 Å². The molecule has 4 heteroatoms. The first-order valence-electron chi connectivity index (χ1n) is 6.41. The van der Waals surface area contributed by atoms with E-state index >= 15 is 0 Å². The first kappa shape index (κ1) is 12.9. The summed E-state index contributed by atoms with van der Waals surface area (Å²) >= 11 is 0. The first-order valence-corrected chi connectivity index (χ1v) is 6.41. The van der Waals surface area contributed by atoms with Crippen LogP contribution in [0.1, 0.15) is 35.7 Å². The Bertz CT molecular complexity index is 437. The quantitative estimate of drug-likeness (QED) is 0.859. The summed E-state index contributed by atoms with van der Waals surface area (Å²) in [5.41, 5.74) is 2.51. The smallest absolute Gasteiger partial charge is 0.335 e. The van der Waals surface area contributed by atoms with Crippen molar-refractivity contribution in [2.24, 2.45) is 0 Å². The van der Waals surface area contributed by atoms with Gasteiger partial charge in [0.15, 0.2) is 0 Å². The van der Waals surface area contributed by atoms with Crippen LogP contribution < -0.4 is 4.90 Å². The summed E-state index contributed by atoms with van der Waals surface area (Å²) in [5.74, 6) is -0.884. The van der Waals surface area contributed by atoms with Crippen molar-refractivity contribution in [3.63, 3.8) is 0 Å². The van der Waals surface area contributed by atoms with Gasteiger partial charge in [0.1, 0.15) is 0 Å². The molecule has 1 aliphatic rings. The molecule has 0 spiro atoms. The lowest BCUT2D eigenvalue weighted by Crippen LogP contribution is -2.36. The summed E-state index contributed by atoms with van der Waals surface area (Å²) < 4.78 is 0. The molecular weight excluding hydrogens is 230 g/mol. The van der Waals surface area contributed by atoms with E-state index in [1.165, 1.54) is 0 Å². The fourth-order valence-electron chi connectivity index (χ4n) is 2.42. The molecule has 0 unspecified atom stereocenters. The molecular formula is C14H19NO3. The molecule has 1 heterocycles. The normalized spacial score (nSPS) is 16.9. The summed E-state index contributed by atoms with van der Waals surface area (Å²) in [7, 11) is 0. The molecule has 0 radical (unpaired) electrons. The average Bonchev–Trinajstić information content (AvgIpc) is 2.39. The molecule has 2 N–H and O–H groups in total. The van der Waals surface area contributed by atoms with Crippen LogP contribution in [0.5, 0.6) is 0 Å². The third kappa shape index (κ3) is 2.64. The van der Waals surface area contributed by atoms with Crippen LogP contribution in [-0.4, -0.2) is 35.4 Å². The molecule has 0 amide bonds. The lowest BCUT2D eigenvalue weighted by molar-refractivity contribution is 0.0697. The Balaban J connectivity index is 2.24. The largest absolute Gasteiger partial charge is 0.478 e. The maximum Gasteiger partial charge on any atom is 0.335 e. The van der Waals surface area contributed by atoms with E-state index in [1.54, 1.807) is 12.1 Å². The minimum atomic E-state index is -0.884. The third-order valence-corrected chi connectivity index (χ3v) is 3.51. The molecule has 1 aromatic carbocycles. The van der Waals surface area contributed by atoms with Crippen molar-refractivity contribution in [3.8, 4) is 0 Å². The second kappa shape index (κ2) is 5.40. The number of aryl methyl sites for hydroxylation is 1. The van der Waals surface area contributed by atoms with E-state index in [0.717, 1.165) is 43.6 Å². The zero-order valence-electron chi connectivity index (χ0n) is 10.6. The molecule has 0 aromatic heterocycles. The number of benzene rings is 1. The molecule has 98 valence electrons. The Morgan fingerprint density at radius 3 is 2.61 bits per heavy atom. The van der Waals surface area contributed by atoms with Gasteiger partial charge in [-0.1, -0.05) is 6.92 Å². The van der Waals surface area contributed by atoms with Gasteiger partial charge in [-0.25, -0.2) is 4.79 Å². The summed E-state index contributed by atoms with van der Waals surface area (Å²) in [6.45, 7) is 3.70. The highest BCUT2D eigenvalue weighted by atomic mass is 16.4. The summed E-state index contributed by atoms with van der Waals surface area (Å²) in [6.07, 6.45) is 2.19. The molecule has 2 rings (SSSR count). The second-order valence-corrected chi connectivity index (χ2v) is 4.72. The number of piperidine rings is 1. The van der Waals surface area contributed by atoms with E-state index < -0.39 is 5.97 Å². The molecule has 1 aromatic rings. The molecule has 0 saturated carbocycles. The van der Waals surface area contributed by atoms with E-state index in [1.807, 2.05) is 13.0 Å². The minimum absolute atomic E-state index is 0.190. The van der Waals surface area contributed by atoms with E-state index in [4.69, 9.17) is 5.11 Å². The van der Waals surface area contributed by atoms with Gasteiger partial charge in [-0.05, 0) is 43.0 Å². The van der Waals surface area contributed by atoms with E-state index in [-0.39, 0.29) is 6.10 Å². The number of nitrogens with zero attached hydrogens (tertiary/aromatic N) is 1. The number of hydrogen-bond acceptors (Lipinski definition) is 3. The summed E-state index contributed by atoms with van der Waals surface area (Å²) in [5, 5.41) is 18.5. The molecule has 1 saturated heterocycles. The standard InChI is InChI=1S/C14H19NO3/c1-2-10-9-11(14(17)18)3-4-13(10)15-7-5-12(16)6-8-15/h3-4,9,12,16H,2,5-8H2,1H3,(H,17,18). The average molecular weight is 249 g/mol. The fourth-order valence-corrected chi connectivity index (χ4v) is 2.42. The van der Waals surface area contributed by atoms with Crippen LogP contribution in [0.4, 0.5) is 5.69 Å². The monoisotopic (exact) mass is 249 g/mol. The predicted molar refractivity (Wildman–Crippen MR) is 70.2 cm³/mol. The molecule has 0 aliphatic carbocycles. The first-order chi connectivity index (χ1) is 8.61. The van der Waals surface area contributed by atoms with Crippen molar-refractivity contribution in [1.29, 1.82) is 0 Å². The number of carboxylic acid groups (broad SMARTS) is 1. The van der Waals surface area contributed by atoms with Crippen molar-refractivity contribution in [1.82, 2.24) is 0 Å². The number of anilines is 1. The zero-order chi connectivity index (χ0) is 13.1. The van der Waals surface area contributed by atoms with Crippen molar-refractivity contribution in [2.75, 3.05) is 18.0 Å². The van der Waals surface area contributed by atoms with Gasteiger partial charge in [-0.15, -0.1) is 0 Å². The number of carbonyl (C=O) groups is 1. The van der Waals surface area contributed by atoms with Gasteiger partial charge in [0.25, 0.3) is 0 Å². The molecule has 1 aliphatic heterocycles. The van der Waals surface area contributed by atoms with Crippen molar-refractivity contribution < 1.29 is 15.0 Å². The summed E-state index contributed by atoms with van der Waals surface area (Å²) in [6, 6.07) is 5.30. The summed E-state index contributed by atoms with van der Waals surface area (Å²) in [4.78, 5) is 13.2. The fraction of sp³-hybridized carbons (Fsp3) is 0.500. The molecule has 0 atom stereocenters. The van der Waals surface area contributed by atoms with E-state index in [2.05, 4.69) is 4.90 Å². The number of rotatable bonds is 3. The van der Waals surface area contributed by atoms with Crippen LogP contribution in [0, 0.1) is 0 Å². The molecule has 0 bridgehead atoms. The van der Waals surface area contributed by atoms with Crippen LogP contribution in [0.3, 0.4) is 0 Å². The van der Waals surface area contributed by atoms with Gasteiger partial charge in [0.05, 0.1) is 11.7 Å². The molecule has 4 nitrogen and oxygen atoms in total. The van der Waals surface area contributed by atoms with Crippen LogP contribution in [-0.2, 0) is 6.42 Å². The number of aliphatic hydroxyl groups excluding tert-OH is 1. The third-order valence-electron chi connectivity index (χ3n) is 3.51. The van der Waals surface area contributed by atoms with Crippen LogP contribution in [0.2, 0.25) is 0 Å². The lowest BCUT2D eigenvalue weighted by Gasteiger charge is -2.33. The SMILES string of the molecule is CCc1cc(C(=O)O)ccc1N1CCC(O)CC1. The van der Waals surface area contributed by atoms with Gasteiger partial charge >= 0.3 is 5.97 Å². The lowest BCUT2D eigenvalue weighted by atomic mass is 10.0.